The van der Waals surface area contributed by atoms with Crippen molar-refractivity contribution in [1.82, 2.24) is 9.62 Å². The van der Waals surface area contributed by atoms with Crippen molar-refractivity contribution in [2.75, 3.05) is 45.2 Å². The van der Waals surface area contributed by atoms with Gasteiger partial charge in [0.15, 0.2) is 0 Å². The van der Waals surface area contributed by atoms with Gasteiger partial charge in [0, 0.05) is 29.4 Å². The largest absolute Gasteiger partial charge is 0.490 e. The topological polar surface area (TPSA) is 102 Å². The minimum Gasteiger partial charge on any atom is -0.490 e. The molecule has 6 rings (SSSR count). The lowest BCUT2D eigenvalue weighted by atomic mass is 9.64. The molecule has 254 valence electrons. The molecule has 1 spiro atoms. The third-order valence-electron chi connectivity index (χ3n) is 10.9. The van der Waals surface area contributed by atoms with E-state index in [9.17, 15) is 18.6 Å². The summed E-state index contributed by atoms with van der Waals surface area (Å²) < 4.78 is 36.0. The first-order valence-corrected chi connectivity index (χ1v) is 18.8. The van der Waals surface area contributed by atoms with Crippen LogP contribution in [0.2, 0.25) is 5.02 Å². The first-order chi connectivity index (χ1) is 22.3. The molecule has 1 unspecified atom stereocenters. The van der Waals surface area contributed by atoms with E-state index in [1.165, 1.54) is 11.1 Å². The van der Waals surface area contributed by atoms with Crippen molar-refractivity contribution in [3.05, 3.63) is 70.3 Å². The smallest absolute Gasteiger partial charge is 0.216 e. The van der Waals surface area contributed by atoms with E-state index in [0.29, 0.717) is 44.0 Å². The summed E-state index contributed by atoms with van der Waals surface area (Å²) in [5, 5.41) is 23.4. The fourth-order valence-corrected chi connectivity index (χ4v) is 9.42. The number of nitrogens with one attached hydrogen (secondary N) is 1. The van der Waals surface area contributed by atoms with Crippen LogP contribution in [-0.4, -0.2) is 74.7 Å². The summed E-state index contributed by atoms with van der Waals surface area (Å²) in [6.07, 6.45) is 7.46. The Hall–Kier alpha value is -2.58. The molecule has 8 nitrogen and oxygen atoms in total. The zero-order chi connectivity index (χ0) is 33.6. The van der Waals surface area contributed by atoms with Gasteiger partial charge in [-0.15, -0.1) is 0 Å². The Balaban J connectivity index is 1.45. The van der Waals surface area contributed by atoms with Gasteiger partial charge in [-0.25, -0.2) is 8.42 Å². The van der Waals surface area contributed by atoms with Crippen molar-refractivity contribution in [2.24, 2.45) is 17.8 Å². The van der Waals surface area contributed by atoms with Crippen LogP contribution >= 0.6 is 11.6 Å². The van der Waals surface area contributed by atoms with Gasteiger partial charge in [-0.05, 0) is 118 Å². The highest BCUT2D eigenvalue weighted by molar-refractivity contribution is 7.90. The SMILES string of the molecule is C[C@@H]1[C@@H](C)C/C=C/[C@@](O)(C#CCN(C)C)[C@@H]2CC[C@H]2CN2C[C@@]3(CCCc4cc(Cl)ccc43)COc3ccc(cc32)C(O)NS1(=O)=O. The van der Waals surface area contributed by atoms with Crippen molar-refractivity contribution in [1.29, 1.82) is 0 Å². The second-order valence-electron chi connectivity index (χ2n) is 14.5. The molecule has 2 heterocycles. The van der Waals surface area contributed by atoms with Crippen LogP contribution in [0.5, 0.6) is 5.75 Å². The van der Waals surface area contributed by atoms with Gasteiger partial charge in [-0.1, -0.05) is 48.6 Å². The van der Waals surface area contributed by atoms with Crippen molar-refractivity contribution in [3.63, 3.8) is 0 Å². The lowest BCUT2D eigenvalue weighted by Gasteiger charge is -2.47. The van der Waals surface area contributed by atoms with Gasteiger partial charge >= 0.3 is 0 Å². The molecule has 47 heavy (non-hydrogen) atoms. The average Bonchev–Trinajstić information content (AvgIpc) is 3.14. The number of hydrogen-bond acceptors (Lipinski definition) is 7. The number of sulfonamides is 1. The summed E-state index contributed by atoms with van der Waals surface area (Å²) in [6.45, 7) is 5.89. The third-order valence-corrected chi connectivity index (χ3v) is 13.2. The van der Waals surface area contributed by atoms with E-state index in [4.69, 9.17) is 16.3 Å². The molecular formula is C37H48ClN3O5S. The molecule has 2 aromatic rings. The number of aliphatic hydroxyl groups excluding tert-OH is 1. The molecular weight excluding hydrogens is 634 g/mol. The number of nitrogens with zero attached hydrogens (tertiary/aromatic N) is 2. The molecule has 0 amide bonds. The van der Waals surface area contributed by atoms with Crippen molar-refractivity contribution >= 4 is 27.3 Å². The number of ether oxygens (including phenoxy) is 1. The Labute approximate surface area is 285 Å². The predicted molar refractivity (Wildman–Crippen MR) is 187 cm³/mol. The Bertz CT molecular complexity index is 1690. The van der Waals surface area contributed by atoms with Gasteiger partial charge in [0.25, 0.3) is 0 Å². The monoisotopic (exact) mass is 681 g/mol. The second kappa shape index (κ2) is 13.4. The lowest BCUT2D eigenvalue weighted by Crippen LogP contribution is -2.52. The summed E-state index contributed by atoms with van der Waals surface area (Å²) in [7, 11) is 0.0226. The van der Waals surface area contributed by atoms with Crippen LogP contribution in [-0.2, 0) is 21.9 Å². The fraction of sp³-hybridized carbons (Fsp3) is 0.568. The molecule has 7 atom stereocenters. The van der Waals surface area contributed by atoms with E-state index in [-0.39, 0.29) is 23.2 Å². The Kier molecular flexibility index (Phi) is 9.76. The number of benzene rings is 2. The number of fused-ring (bicyclic) bond motifs is 4. The quantitative estimate of drug-likeness (QED) is 0.287. The summed E-state index contributed by atoms with van der Waals surface area (Å²) in [4.78, 5) is 4.33. The van der Waals surface area contributed by atoms with Crippen LogP contribution in [0.4, 0.5) is 5.69 Å². The van der Waals surface area contributed by atoms with Crippen LogP contribution < -0.4 is 14.4 Å². The lowest BCUT2D eigenvalue weighted by molar-refractivity contribution is -0.00327. The maximum Gasteiger partial charge on any atom is 0.216 e. The highest BCUT2D eigenvalue weighted by atomic mass is 35.5. The number of allylic oxidation sites excluding steroid dienone is 1. The Morgan fingerprint density at radius 3 is 2.72 bits per heavy atom. The van der Waals surface area contributed by atoms with Crippen LogP contribution in [0.15, 0.2) is 48.6 Å². The van der Waals surface area contributed by atoms with Crippen LogP contribution in [0.25, 0.3) is 0 Å². The number of aryl methyl sites for hydroxylation is 1. The maximum atomic E-state index is 13.4. The van der Waals surface area contributed by atoms with Gasteiger partial charge in [-0.3, -0.25) is 4.90 Å². The number of anilines is 1. The molecule has 2 aromatic carbocycles. The van der Waals surface area contributed by atoms with Gasteiger partial charge in [0.2, 0.25) is 10.0 Å². The van der Waals surface area contributed by atoms with Gasteiger partial charge in [0.05, 0.1) is 24.1 Å². The zero-order valence-electron chi connectivity index (χ0n) is 27.9. The molecule has 0 saturated heterocycles. The van der Waals surface area contributed by atoms with Gasteiger partial charge < -0.3 is 19.8 Å². The van der Waals surface area contributed by atoms with E-state index < -0.39 is 27.1 Å². The highest BCUT2D eigenvalue weighted by Crippen LogP contribution is 2.48. The van der Waals surface area contributed by atoms with E-state index >= 15 is 0 Å². The standard InChI is InChI=1S/C37H48ClN3O5S/c1-25-8-5-17-37(43,18-7-19-40(3)4)32-13-10-29(32)22-41-23-36(16-6-9-27-20-30(38)12-14-31(27)36)24-46-34-15-11-28(21-33(34)41)35(42)39-47(44,45)26(25)2/h5,11-12,14-15,17,20-21,25-26,29,32,35,39,42-43H,6,8-10,13,16,19,22-24H2,1-4H3/b17-5+/t25-,26+,29-,32+,35?,36-,37+/m0/s1. The second-order valence-corrected chi connectivity index (χ2v) is 17.0. The van der Waals surface area contributed by atoms with Crippen LogP contribution in [0.1, 0.15) is 68.9 Å². The minimum absolute atomic E-state index is 0.0887. The van der Waals surface area contributed by atoms with Crippen molar-refractivity contribution in [2.45, 2.75) is 74.9 Å². The number of halogens is 1. The van der Waals surface area contributed by atoms with Crippen molar-refractivity contribution in [3.8, 4) is 17.6 Å². The number of rotatable bonds is 1. The Morgan fingerprint density at radius 2 is 1.98 bits per heavy atom. The Morgan fingerprint density at radius 1 is 1.17 bits per heavy atom. The van der Waals surface area contributed by atoms with Gasteiger partial charge in [-0.2, -0.15) is 4.72 Å². The summed E-state index contributed by atoms with van der Waals surface area (Å²) in [5.74, 6) is 6.91. The molecule has 2 aliphatic carbocycles. The van der Waals surface area contributed by atoms with E-state index in [0.717, 1.165) is 42.8 Å². The van der Waals surface area contributed by atoms with Crippen LogP contribution in [0.3, 0.4) is 0 Å². The number of hydrogen-bond donors (Lipinski definition) is 3. The molecule has 2 bridgehead atoms. The normalized spacial score (nSPS) is 34.1. The molecule has 1 saturated carbocycles. The van der Waals surface area contributed by atoms with E-state index in [1.54, 1.807) is 19.1 Å². The van der Waals surface area contributed by atoms with E-state index in [1.807, 2.05) is 50.2 Å². The minimum atomic E-state index is -3.88. The molecule has 0 aromatic heterocycles. The summed E-state index contributed by atoms with van der Waals surface area (Å²) in [5.41, 5.74) is 2.14. The first-order valence-electron chi connectivity index (χ1n) is 16.8. The fourth-order valence-electron chi connectivity index (χ4n) is 7.84. The predicted octanol–water partition coefficient (Wildman–Crippen LogP) is 5.03. The first kappa shape index (κ1) is 34.3. The van der Waals surface area contributed by atoms with Gasteiger partial charge in [0.1, 0.15) is 17.6 Å². The molecule has 10 heteroatoms. The molecule has 1 fully saturated rings. The molecule has 0 radical (unpaired) electrons. The highest BCUT2D eigenvalue weighted by Gasteiger charge is 2.47. The van der Waals surface area contributed by atoms with Crippen LogP contribution in [0, 0.1) is 29.6 Å². The maximum absolute atomic E-state index is 13.4. The zero-order valence-corrected chi connectivity index (χ0v) is 29.4. The molecule has 3 N–H and O–H groups in total. The van der Waals surface area contributed by atoms with E-state index in [2.05, 4.69) is 33.6 Å². The number of aliphatic hydroxyl groups is 2. The molecule has 4 aliphatic rings. The van der Waals surface area contributed by atoms with Crippen molar-refractivity contribution < 1.29 is 23.4 Å². The summed E-state index contributed by atoms with van der Waals surface area (Å²) in [6, 6.07) is 11.6. The average molecular weight is 682 g/mol. The molecule has 2 aliphatic heterocycles. The summed E-state index contributed by atoms with van der Waals surface area (Å²) >= 11 is 6.44. The third kappa shape index (κ3) is 6.96.